The highest BCUT2D eigenvalue weighted by molar-refractivity contribution is 7.61. The molecular weight excluding hydrogens is 446 g/mol. The summed E-state index contributed by atoms with van der Waals surface area (Å²) in [6.45, 7) is 8.01. The molecule has 1 heterocycles. The van der Waals surface area contributed by atoms with Gasteiger partial charge in [-0.2, -0.15) is 0 Å². The van der Waals surface area contributed by atoms with E-state index in [4.69, 9.17) is 22.8 Å². The molecule has 1 rings (SSSR count). The third kappa shape index (κ3) is 8.38. The van der Waals surface area contributed by atoms with Crippen LogP contribution in [0.15, 0.2) is 0 Å². The van der Waals surface area contributed by atoms with Gasteiger partial charge in [0.1, 0.15) is 0 Å². The SMILES string of the molecule is CCCCOP(=O)(OCCCC)C1C(=O)OC(=O)C1P(=O)(OCCCC)OCCCC. The van der Waals surface area contributed by atoms with Crippen molar-refractivity contribution in [3.8, 4) is 0 Å². The van der Waals surface area contributed by atoms with Gasteiger partial charge in [-0.3, -0.25) is 18.7 Å². The summed E-state index contributed by atoms with van der Waals surface area (Å²) >= 11 is 0. The van der Waals surface area contributed by atoms with Crippen molar-refractivity contribution in [2.24, 2.45) is 0 Å². The summed E-state index contributed by atoms with van der Waals surface area (Å²) in [5.74, 6) is -2.16. The Morgan fingerprint density at radius 3 is 1.10 bits per heavy atom. The number of carbonyl (C=O) groups is 2. The molecule has 1 fully saturated rings. The first-order chi connectivity index (χ1) is 14.8. The summed E-state index contributed by atoms with van der Waals surface area (Å²) in [4.78, 5) is 25.2. The highest BCUT2D eigenvalue weighted by Gasteiger charge is 2.64. The Hall–Kier alpha value is -0.560. The van der Waals surface area contributed by atoms with Gasteiger partial charge in [0.05, 0.1) is 26.4 Å². The third-order valence-corrected chi connectivity index (χ3v) is 9.53. The van der Waals surface area contributed by atoms with E-state index in [0.29, 0.717) is 25.7 Å². The monoisotopic (exact) mass is 484 g/mol. The lowest BCUT2D eigenvalue weighted by atomic mass is 10.3. The van der Waals surface area contributed by atoms with E-state index in [-0.39, 0.29) is 26.4 Å². The van der Waals surface area contributed by atoms with Crippen molar-refractivity contribution in [3.63, 3.8) is 0 Å². The van der Waals surface area contributed by atoms with Gasteiger partial charge in [-0.05, 0) is 25.7 Å². The molecular formula is C20H38O9P2. The van der Waals surface area contributed by atoms with E-state index in [0.717, 1.165) is 25.7 Å². The molecule has 0 N–H and O–H groups in total. The standard InChI is InChI=1S/C20H38O9P2/c1-5-9-13-25-30(23,26-14-10-6-2)17-18(20(22)29-19(17)21)31(24,27-15-11-7-3)28-16-12-8-4/h17-18H,5-16H2,1-4H3. The van der Waals surface area contributed by atoms with Gasteiger partial charge in [-0.15, -0.1) is 0 Å². The average Bonchev–Trinajstić information content (AvgIpc) is 3.04. The third-order valence-electron chi connectivity index (χ3n) is 4.74. The quantitative estimate of drug-likeness (QED) is 0.108. The summed E-state index contributed by atoms with van der Waals surface area (Å²) in [6, 6.07) is 0. The summed E-state index contributed by atoms with van der Waals surface area (Å²) in [5.41, 5.74) is -3.36. The van der Waals surface area contributed by atoms with Gasteiger partial charge in [0.15, 0.2) is 11.3 Å². The van der Waals surface area contributed by atoms with Crippen molar-refractivity contribution in [2.45, 2.75) is 90.4 Å². The number of ether oxygens (including phenoxy) is 1. The number of carbonyl (C=O) groups excluding carboxylic acids is 2. The summed E-state index contributed by atoms with van der Waals surface area (Å²) in [5, 5.41) is 0. The lowest BCUT2D eigenvalue weighted by Gasteiger charge is -2.28. The summed E-state index contributed by atoms with van der Waals surface area (Å²) in [7, 11) is -8.36. The lowest BCUT2D eigenvalue weighted by Crippen LogP contribution is -2.33. The van der Waals surface area contributed by atoms with Crippen molar-refractivity contribution in [1.82, 2.24) is 0 Å². The zero-order valence-electron chi connectivity index (χ0n) is 19.2. The molecule has 0 aromatic rings. The van der Waals surface area contributed by atoms with Crippen LogP contribution in [-0.2, 0) is 41.6 Å². The van der Waals surface area contributed by atoms with Crippen LogP contribution in [0, 0.1) is 0 Å². The van der Waals surface area contributed by atoms with Gasteiger partial charge < -0.3 is 22.8 Å². The van der Waals surface area contributed by atoms with Crippen molar-refractivity contribution in [2.75, 3.05) is 26.4 Å². The number of esters is 2. The largest absolute Gasteiger partial charge is 0.392 e. The Morgan fingerprint density at radius 2 is 0.871 bits per heavy atom. The molecule has 0 saturated carbocycles. The van der Waals surface area contributed by atoms with Crippen LogP contribution in [0.4, 0.5) is 0 Å². The molecule has 0 aromatic carbocycles. The first kappa shape index (κ1) is 28.5. The number of unbranched alkanes of at least 4 members (excludes halogenated alkanes) is 4. The van der Waals surface area contributed by atoms with Crippen LogP contribution in [0.1, 0.15) is 79.1 Å². The zero-order chi connectivity index (χ0) is 23.3. The van der Waals surface area contributed by atoms with Crippen molar-refractivity contribution in [1.29, 1.82) is 0 Å². The maximum Gasteiger partial charge on any atom is 0.346 e. The highest BCUT2D eigenvalue weighted by Crippen LogP contribution is 2.66. The predicted octanol–water partition coefficient (Wildman–Crippen LogP) is 5.46. The molecule has 1 saturated heterocycles. The number of rotatable bonds is 18. The minimum Gasteiger partial charge on any atom is -0.392 e. The van der Waals surface area contributed by atoms with Gasteiger partial charge in [0, 0.05) is 0 Å². The fourth-order valence-electron chi connectivity index (χ4n) is 2.82. The first-order valence-electron chi connectivity index (χ1n) is 11.3. The van der Waals surface area contributed by atoms with E-state index in [1.165, 1.54) is 0 Å². The van der Waals surface area contributed by atoms with E-state index in [2.05, 4.69) is 0 Å². The van der Waals surface area contributed by atoms with Crippen LogP contribution in [0.2, 0.25) is 0 Å². The van der Waals surface area contributed by atoms with E-state index in [9.17, 15) is 18.7 Å². The van der Waals surface area contributed by atoms with Gasteiger partial charge >= 0.3 is 27.1 Å². The second-order valence-electron chi connectivity index (χ2n) is 7.46. The molecule has 1 aliphatic heterocycles. The molecule has 31 heavy (non-hydrogen) atoms. The van der Waals surface area contributed by atoms with Crippen LogP contribution < -0.4 is 0 Å². The molecule has 0 aromatic heterocycles. The second kappa shape index (κ2) is 14.6. The van der Waals surface area contributed by atoms with E-state index in [1.54, 1.807) is 0 Å². The van der Waals surface area contributed by atoms with E-state index in [1.807, 2.05) is 27.7 Å². The Bertz CT molecular complexity index is 571. The maximum atomic E-state index is 13.7. The molecule has 0 radical (unpaired) electrons. The number of cyclic esters (lactones) is 2. The molecule has 2 atom stereocenters. The van der Waals surface area contributed by atoms with Crippen LogP contribution in [0.3, 0.4) is 0 Å². The molecule has 182 valence electrons. The minimum absolute atomic E-state index is 0.0717. The lowest BCUT2D eigenvalue weighted by molar-refractivity contribution is -0.151. The summed E-state index contributed by atoms with van der Waals surface area (Å²) in [6.07, 6.45) is 5.41. The Kier molecular flexibility index (Phi) is 13.4. The topological polar surface area (TPSA) is 114 Å². The number of hydrogen-bond donors (Lipinski definition) is 0. The van der Waals surface area contributed by atoms with Gasteiger partial charge in [-0.1, -0.05) is 53.4 Å². The fraction of sp³-hybridized carbons (Fsp3) is 0.900. The molecule has 1 aliphatic rings. The molecule has 0 aliphatic carbocycles. The van der Waals surface area contributed by atoms with E-state index < -0.39 is 38.4 Å². The summed E-state index contributed by atoms with van der Waals surface area (Å²) < 4.78 is 54.4. The Balaban J connectivity index is 3.28. The van der Waals surface area contributed by atoms with Crippen LogP contribution in [0.25, 0.3) is 0 Å². The maximum absolute atomic E-state index is 13.7. The average molecular weight is 484 g/mol. The molecule has 0 bridgehead atoms. The highest BCUT2D eigenvalue weighted by atomic mass is 31.2. The normalized spacial score (nSPS) is 19.7. The molecule has 0 amide bonds. The van der Waals surface area contributed by atoms with Crippen molar-refractivity contribution in [3.05, 3.63) is 0 Å². The van der Waals surface area contributed by atoms with Crippen LogP contribution in [0.5, 0.6) is 0 Å². The Morgan fingerprint density at radius 1 is 0.613 bits per heavy atom. The van der Waals surface area contributed by atoms with Crippen molar-refractivity contribution >= 4 is 27.1 Å². The second-order valence-corrected chi connectivity index (χ2v) is 11.8. The smallest absolute Gasteiger partial charge is 0.346 e. The molecule has 9 nitrogen and oxygen atoms in total. The van der Waals surface area contributed by atoms with E-state index >= 15 is 0 Å². The van der Waals surface area contributed by atoms with Gasteiger partial charge in [0.25, 0.3) is 0 Å². The predicted molar refractivity (Wildman–Crippen MR) is 117 cm³/mol. The van der Waals surface area contributed by atoms with Gasteiger partial charge in [-0.25, -0.2) is 0 Å². The first-order valence-corrected chi connectivity index (χ1v) is 14.5. The Labute approximate surface area is 185 Å². The zero-order valence-corrected chi connectivity index (χ0v) is 21.0. The van der Waals surface area contributed by atoms with Crippen molar-refractivity contribution < 1.29 is 41.6 Å². The molecule has 0 spiro atoms. The number of hydrogen-bond acceptors (Lipinski definition) is 9. The minimum atomic E-state index is -4.18. The van der Waals surface area contributed by atoms with Crippen LogP contribution in [-0.4, -0.2) is 49.7 Å². The molecule has 2 unspecified atom stereocenters. The fourth-order valence-corrected chi connectivity index (χ4v) is 7.68. The van der Waals surface area contributed by atoms with Gasteiger partial charge in [0.2, 0.25) is 0 Å². The molecule has 11 heteroatoms. The van der Waals surface area contributed by atoms with Crippen LogP contribution >= 0.6 is 15.2 Å².